The van der Waals surface area contributed by atoms with E-state index in [-0.39, 0.29) is 0 Å². The van der Waals surface area contributed by atoms with Crippen LogP contribution in [0.4, 0.5) is 10.6 Å². The highest BCUT2D eigenvalue weighted by molar-refractivity contribution is 5.80. The van der Waals surface area contributed by atoms with E-state index in [9.17, 15) is 9.59 Å². The number of Topliss-reactive ketones (excluding diaryl/α,β-unsaturated/α-hetero) is 1. The minimum absolute atomic E-state index is 0.339. The Hall–Kier alpha value is -2.11. The fraction of sp³-hybridized carbons (Fsp3) is 0.562. The van der Waals surface area contributed by atoms with Crippen LogP contribution in [0.2, 0.25) is 0 Å². The van der Waals surface area contributed by atoms with Gasteiger partial charge in [0.25, 0.3) is 0 Å². The van der Waals surface area contributed by atoms with E-state index in [2.05, 4.69) is 15.8 Å². The van der Waals surface area contributed by atoms with Gasteiger partial charge in [-0.1, -0.05) is 6.07 Å². The van der Waals surface area contributed by atoms with Gasteiger partial charge in [-0.3, -0.25) is 10.2 Å². The van der Waals surface area contributed by atoms with Crippen LogP contribution in [0.5, 0.6) is 0 Å². The summed E-state index contributed by atoms with van der Waals surface area (Å²) in [4.78, 5) is 27.3. The maximum absolute atomic E-state index is 11.6. The number of aromatic nitrogens is 1. The molecular weight excluding hydrogens is 282 g/mol. The monoisotopic (exact) mass is 305 g/mol. The highest BCUT2D eigenvalue weighted by Gasteiger charge is 2.22. The molecule has 1 aliphatic rings. The number of hydrogen-bond donors (Lipinski definition) is 2. The molecule has 1 atom stereocenters. The number of carbonyl (C=O) groups excluding carboxylic acids is 2. The molecule has 1 fully saturated rings. The number of ketones is 1. The Morgan fingerprint density at radius 1 is 1.41 bits per heavy atom. The third kappa shape index (κ3) is 5.35. The summed E-state index contributed by atoms with van der Waals surface area (Å²) in [7, 11) is 0. The van der Waals surface area contributed by atoms with Gasteiger partial charge >= 0.3 is 6.09 Å². The molecule has 1 aromatic heterocycles. The fourth-order valence-electron chi connectivity index (χ4n) is 2.44. The molecule has 6 nitrogen and oxygen atoms in total. The van der Waals surface area contributed by atoms with Gasteiger partial charge in [-0.25, -0.2) is 15.2 Å². The smallest absolute Gasteiger partial charge is 0.426 e. The zero-order valence-electron chi connectivity index (χ0n) is 13.3. The Morgan fingerprint density at radius 3 is 2.82 bits per heavy atom. The number of hydrogen-bond acceptors (Lipinski definition) is 5. The lowest BCUT2D eigenvalue weighted by Gasteiger charge is -2.20. The maximum Gasteiger partial charge on any atom is 0.426 e. The number of carbonyl (C=O) groups is 2. The summed E-state index contributed by atoms with van der Waals surface area (Å²) in [5.74, 6) is 1.27. The average molecular weight is 305 g/mol. The number of amides is 1. The highest BCUT2D eigenvalue weighted by atomic mass is 16.6. The van der Waals surface area contributed by atoms with E-state index in [1.54, 1.807) is 26.8 Å². The first-order valence-electron chi connectivity index (χ1n) is 7.54. The van der Waals surface area contributed by atoms with Crippen LogP contribution in [0.1, 0.15) is 45.7 Å². The summed E-state index contributed by atoms with van der Waals surface area (Å²) in [6, 6.07) is 5.57. The predicted molar refractivity (Wildman–Crippen MR) is 83.3 cm³/mol. The molecule has 1 aromatic rings. The Labute approximate surface area is 130 Å². The van der Waals surface area contributed by atoms with Crippen molar-refractivity contribution in [1.82, 2.24) is 10.4 Å². The third-order valence-corrected chi connectivity index (χ3v) is 3.34. The van der Waals surface area contributed by atoms with Crippen LogP contribution in [0.15, 0.2) is 18.2 Å². The van der Waals surface area contributed by atoms with Crippen molar-refractivity contribution in [3.63, 3.8) is 0 Å². The van der Waals surface area contributed by atoms with Gasteiger partial charge in [0.2, 0.25) is 0 Å². The second kappa shape index (κ2) is 6.77. The molecule has 1 aliphatic carbocycles. The van der Waals surface area contributed by atoms with Crippen molar-refractivity contribution in [3.8, 4) is 0 Å². The normalized spacial score (nSPS) is 18.1. The van der Waals surface area contributed by atoms with E-state index in [1.807, 2.05) is 12.1 Å². The highest BCUT2D eigenvalue weighted by Crippen LogP contribution is 2.25. The van der Waals surface area contributed by atoms with Crippen molar-refractivity contribution in [2.75, 3.05) is 5.43 Å². The van der Waals surface area contributed by atoms with Gasteiger partial charge in [-0.05, 0) is 51.7 Å². The van der Waals surface area contributed by atoms with Crippen molar-refractivity contribution in [2.45, 2.75) is 52.1 Å². The van der Waals surface area contributed by atoms with Gasteiger partial charge < -0.3 is 4.74 Å². The molecule has 0 spiro atoms. The lowest BCUT2D eigenvalue weighted by molar-refractivity contribution is -0.117. The van der Waals surface area contributed by atoms with Crippen LogP contribution < -0.4 is 10.9 Å². The Bertz CT molecular complexity index is 552. The molecule has 0 bridgehead atoms. The minimum atomic E-state index is -0.555. The van der Waals surface area contributed by atoms with E-state index < -0.39 is 11.7 Å². The van der Waals surface area contributed by atoms with Crippen molar-refractivity contribution in [2.24, 2.45) is 5.92 Å². The van der Waals surface area contributed by atoms with Gasteiger partial charge in [0.15, 0.2) is 0 Å². The van der Waals surface area contributed by atoms with Crippen molar-refractivity contribution in [1.29, 1.82) is 0 Å². The van der Waals surface area contributed by atoms with E-state index in [0.717, 1.165) is 18.5 Å². The second-order valence-electron chi connectivity index (χ2n) is 6.62. The number of ether oxygens (including phenoxy) is 1. The SMILES string of the molecule is CC(C)(C)OC(=O)NNc1cccc(CC2CCC(=O)C2)n1. The first-order chi connectivity index (χ1) is 10.3. The lowest BCUT2D eigenvalue weighted by atomic mass is 10.0. The molecule has 1 unspecified atom stereocenters. The maximum atomic E-state index is 11.6. The molecule has 1 saturated carbocycles. The van der Waals surface area contributed by atoms with Crippen molar-refractivity contribution in [3.05, 3.63) is 23.9 Å². The van der Waals surface area contributed by atoms with Gasteiger partial charge in [-0.2, -0.15) is 0 Å². The summed E-state index contributed by atoms with van der Waals surface area (Å²) in [5, 5.41) is 0. The van der Waals surface area contributed by atoms with E-state index >= 15 is 0 Å². The fourth-order valence-corrected chi connectivity index (χ4v) is 2.44. The van der Waals surface area contributed by atoms with Crippen LogP contribution in [0.25, 0.3) is 0 Å². The molecule has 0 aromatic carbocycles. The van der Waals surface area contributed by atoms with Crippen molar-refractivity contribution >= 4 is 17.7 Å². The average Bonchev–Trinajstić information content (AvgIpc) is 2.80. The molecule has 2 N–H and O–H groups in total. The summed E-state index contributed by atoms with van der Waals surface area (Å²) < 4.78 is 5.13. The molecule has 0 aliphatic heterocycles. The molecule has 1 amide bonds. The molecular formula is C16H23N3O3. The van der Waals surface area contributed by atoms with Crippen LogP contribution in [-0.4, -0.2) is 22.5 Å². The Kier molecular flexibility index (Phi) is 5.00. The number of anilines is 1. The lowest BCUT2D eigenvalue weighted by Crippen LogP contribution is -2.36. The quantitative estimate of drug-likeness (QED) is 0.836. The van der Waals surface area contributed by atoms with Crippen LogP contribution in [0, 0.1) is 5.92 Å². The Morgan fingerprint density at radius 2 is 2.18 bits per heavy atom. The second-order valence-corrected chi connectivity index (χ2v) is 6.62. The number of nitrogens with zero attached hydrogens (tertiary/aromatic N) is 1. The van der Waals surface area contributed by atoms with Gasteiger partial charge in [0.05, 0.1) is 0 Å². The first-order valence-corrected chi connectivity index (χ1v) is 7.54. The minimum Gasteiger partial charge on any atom is -0.443 e. The topological polar surface area (TPSA) is 80.3 Å². The molecule has 2 rings (SSSR count). The summed E-state index contributed by atoms with van der Waals surface area (Å²) >= 11 is 0. The number of pyridine rings is 1. The predicted octanol–water partition coefficient (Wildman–Crippen LogP) is 2.84. The number of nitrogens with one attached hydrogen (secondary N) is 2. The van der Waals surface area contributed by atoms with E-state index in [4.69, 9.17) is 4.74 Å². The third-order valence-electron chi connectivity index (χ3n) is 3.34. The van der Waals surface area contributed by atoms with Gasteiger partial charge in [0, 0.05) is 18.5 Å². The van der Waals surface area contributed by atoms with E-state index in [1.165, 1.54) is 0 Å². The zero-order valence-corrected chi connectivity index (χ0v) is 13.3. The summed E-state index contributed by atoms with van der Waals surface area (Å²) in [6.45, 7) is 5.40. The molecule has 1 heterocycles. The number of rotatable bonds is 4. The van der Waals surface area contributed by atoms with Crippen molar-refractivity contribution < 1.29 is 14.3 Å². The van der Waals surface area contributed by atoms with Gasteiger partial charge in [-0.15, -0.1) is 0 Å². The largest absolute Gasteiger partial charge is 0.443 e. The molecule has 120 valence electrons. The van der Waals surface area contributed by atoms with Gasteiger partial charge in [0.1, 0.15) is 17.2 Å². The molecule has 22 heavy (non-hydrogen) atoms. The first kappa shape index (κ1) is 16.3. The Balaban J connectivity index is 1.86. The molecule has 6 heteroatoms. The number of hydrazine groups is 1. The van der Waals surface area contributed by atoms with E-state index in [0.29, 0.717) is 30.4 Å². The van der Waals surface area contributed by atoms with Crippen LogP contribution in [-0.2, 0) is 16.0 Å². The summed E-state index contributed by atoms with van der Waals surface area (Å²) in [5.41, 5.74) is 5.56. The molecule has 0 radical (unpaired) electrons. The molecule has 0 saturated heterocycles. The zero-order chi connectivity index (χ0) is 16.2. The summed E-state index contributed by atoms with van der Waals surface area (Å²) in [6.07, 6.45) is 2.50. The van der Waals surface area contributed by atoms with Crippen LogP contribution in [0.3, 0.4) is 0 Å². The standard InChI is InChI=1S/C16H23N3O3/c1-16(2,3)22-15(21)19-18-14-6-4-5-12(17-14)9-11-7-8-13(20)10-11/h4-6,11H,7-10H2,1-3H3,(H,17,18)(H,19,21). The van der Waals surface area contributed by atoms with Crippen LogP contribution >= 0.6 is 0 Å².